The summed E-state index contributed by atoms with van der Waals surface area (Å²) in [6, 6.07) is 6.22. The average Bonchev–Trinajstić information content (AvgIpc) is 2.40. The third-order valence-electron chi connectivity index (χ3n) is 2.79. The largest absolute Gasteiger partial charge is 0.382 e. The van der Waals surface area contributed by atoms with Crippen LogP contribution in [0, 0.1) is 17.1 Å². The van der Waals surface area contributed by atoms with Gasteiger partial charge in [-0.3, -0.25) is 4.79 Å². The molecule has 0 aromatic heterocycles. The molecule has 1 aromatic carbocycles. The third-order valence-corrected chi connectivity index (χ3v) is 2.79. The van der Waals surface area contributed by atoms with E-state index in [4.69, 9.17) is 5.26 Å². The van der Waals surface area contributed by atoms with Gasteiger partial charge in [0.1, 0.15) is 5.82 Å². The van der Waals surface area contributed by atoms with Crippen molar-refractivity contribution in [2.24, 2.45) is 0 Å². The molecule has 1 unspecified atom stereocenters. The van der Waals surface area contributed by atoms with Crippen molar-refractivity contribution in [2.75, 3.05) is 11.9 Å². The fourth-order valence-electron chi connectivity index (χ4n) is 1.49. The van der Waals surface area contributed by atoms with Gasteiger partial charge in [-0.1, -0.05) is 6.92 Å². The number of hydrogen-bond acceptors (Lipinski definition) is 3. The van der Waals surface area contributed by atoms with Gasteiger partial charge in [0, 0.05) is 19.0 Å². The first kappa shape index (κ1) is 15.0. The monoisotopic (exact) mass is 263 g/mol. The zero-order valence-corrected chi connectivity index (χ0v) is 11.2. The molecule has 0 fully saturated rings. The standard InChI is InChI=1S/C14H18FN3O/c1-3-10(2)18-14(19)6-7-17-13-5-4-11(9-16)8-12(13)15/h4-5,8,10,17H,3,6-7H2,1-2H3,(H,18,19). The minimum atomic E-state index is -0.485. The zero-order valence-electron chi connectivity index (χ0n) is 11.2. The minimum Gasteiger partial charge on any atom is -0.382 e. The maximum absolute atomic E-state index is 13.5. The van der Waals surface area contributed by atoms with Crippen LogP contribution in [-0.4, -0.2) is 18.5 Å². The molecule has 0 spiro atoms. The molecule has 102 valence electrons. The summed E-state index contributed by atoms with van der Waals surface area (Å²) in [6.07, 6.45) is 1.16. The van der Waals surface area contributed by atoms with Gasteiger partial charge in [0.15, 0.2) is 0 Å². The second-order valence-electron chi connectivity index (χ2n) is 4.36. The summed E-state index contributed by atoms with van der Waals surface area (Å²) in [4.78, 5) is 11.5. The Balaban J connectivity index is 2.41. The van der Waals surface area contributed by atoms with Crippen molar-refractivity contribution < 1.29 is 9.18 Å². The fourth-order valence-corrected chi connectivity index (χ4v) is 1.49. The van der Waals surface area contributed by atoms with Crippen molar-refractivity contribution in [3.05, 3.63) is 29.6 Å². The summed E-state index contributed by atoms with van der Waals surface area (Å²) in [5, 5.41) is 14.3. The molecule has 0 aliphatic carbocycles. The summed E-state index contributed by atoms with van der Waals surface area (Å²) in [5.41, 5.74) is 0.577. The molecule has 0 saturated carbocycles. The summed E-state index contributed by atoms with van der Waals surface area (Å²) in [6.45, 7) is 4.28. The smallest absolute Gasteiger partial charge is 0.221 e. The van der Waals surface area contributed by atoms with Gasteiger partial charge >= 0.3 is 0 Å². The van der Waals surface area contributed by atoms with Crippen LogP contribution in [0.4, 0.5) is 10.1 Å². The van der Waals surface area contributed by atoms with E-state index in [1.807, 2.05) is 19.9 Å². The number of nitrogens with zero attached hydrogens (tertiary/aromatic N) is 1. The molecule has 19 heavy (non-hydrogen) atoms. The van der Waals surface area contributed by atoms with Crippen LogP contribution in [0.5, 0.6) is 0 Å². The summed E-state index contributed by atoms with van der Waals surface area (Å²) in [5.74, 6) is -0.544. The lowest BCUT2D eigenvalue weighted by atomic mass is 10.2. The van der Waals surface area contributed by atoms with Gasteiger partial charge in [-0.25, -0.2) is 4.39 Å². The van der Waals surface area contributed by atoms with Gasteiger partial charge < -0.3 is 10.6 Å². The van der Waals surface area contributed by atoms with Gasteiger partial charge in [-0.05, 0) is 31.5 Å². The second-order valence-corrected chi connectivity index (χ2v) is 4.36. The highest BCUT2D eigenvalue weighted by atomic mass is 19.1. The van der Waals surface area contributed by atoms with E-state index in [9.17, 15) is 9.18 Å². The SMILES string of the molecule is CCC(C)NC(=O)CCNc1ccc(C#N)cc1F. The highest BCUT2D eigenvalue weighted by molar-refractivity contribution is 5.76. The number of carbonyl (C=O) groups excluding carboxylic acids is 1. The number of carbonyl (C=O) groups is 1. The molecule has 1 atom stereocenters. The van der Waals surface area contributed by atoms with E-state index in [1.165, 1.54) is 18.2 Å². The molecular weight excluding hydrogens is 245 g/mol. The molecule has 0 heterocycles. The maximum Gasteiger partial charge on any atom is 0.221 e. The van der Waals surface area contributed by atoms with Crippen molar-refractivity contribution in [2.45, 2.75) is 32.7 Å². The number of benzene rings is 1. The quantitative estimate of drug-likeness (QED) is 0.828. The summed E-state index contributed by atoms with van der Waals surface area (Å²) < 4.78 is 13.5. The molecule has 5 heteroatoms. The molecule has 1 aromatic rings. The van der Waals surface area contributed by atoms with E-state index in [1.54, 1.807) is 0 Å². The van der Waals surface area contributed by atoms with Crippen LogP contribution in [0.2, 0.25) is 0 Å². The predicted octanol–water partition coefficient (Wildman–Crippen LogP) is 2.41. The Labute approximate surface area is 112 Å². The Kier molecular flexibility index (Phi) is 5.80. The highest BCUT2D eigenvalue weighted by Gasteiger charge is 2.06. The molecule has 0 radical (unpaired) electrons. The second kappa shape index (κ2) is 7.37. The van der Waals surface area contributed by atoms with Crippen LogP contribution in [0.25, 0.3) is 0 Å². The van der Waals surface area contributed by atoms with Crippen molar-refractivity contribution in [1.82, 2.24) is 5.32 Å². The fraction of sp³-hybridized carbons (Fsp3) is 0.429. The lowest BCUT2D eigenvalue weighted by Gasteiger charge is -2.12. The van der Waals surface area contributed by atoms with Crippen LogP contribution in [0.15, 0.2) is 18.2 Å². The number of hydrogen-bond donors (Lipinski definition) is 2. The van der Waals surface area contributed by atoms with Crippen molar-refractivity contribution in [3.63, 3.8) is 0 Å². The van der Waals surface area contributed by atoms with Crippen LogP contribution in [-0.2, 0) is 4.79 Å². The Hall–Kier alpha value is -2.09. The topological polar surface area (TPSA) is 64.9 Å². The number of rotatable bonds is 6. The van der Waals surface area contributed by atoms with Crippen LogP contribution >= 0.6 is 0 Å². The Bertz CT molecular complexity index is 482. The molecule has 1 rings (SSSR count). The Morgan fingerprint density at radius 1 is 1.53 bits per heavy atom. The Morgan fingerprint density at radius 3 is 2.84 bits per heavy atom. The van der Waals surface area contributed by atoms with Gasteiger partial charge in [0.05, 0.1) is 17.3 Å². The van der Waals surface area contributed by atoms with Gasteiger partial charge in [0.25, 0.3) is 0 Å². The molecule has 2 N–H and O–H groups in total. The van der Waals surface area contributed by atoms with E-state index >= 15 is 0 Å². The van der Waals surface area contributed by atoms with E-state index in [0.717, 1.165) is 6.42 Å². The number of nitrogens with one attached hydrogen (secondary N) is 2. The highest BCUT2D eigenvalue weighted by Crippen LogP contribution is 2.15. The maximum atomic E-state index is 13.5. The van der Waals surface area contributed by atoms with Crippen LogP contribution in [0.3, 0.4) is 0 Å². The van der Waals surface area contributed by atoms with Gasteiger partial charge in [0.2, 0.25) is 5.91 Å². The number of nitriles is 1. The zero-order chi connectivity index (χ0) is 14.3. The predicted molar refractivity (Wildman–Crippen MR) is 72.1 cm³/mol. The van der Waals surface area contributed by atoms with E-state index in [-0.39, 0.29) is 23.9 Å². The summed E-state index contributed by atoms with van der Waals surface area (Å²) >= 11 is 0. The first-order valence-corrected chi connectivity index (χ1v) is 6.29. The normalized spacial score (nSPS) is 11.5. The van der Waals surface area contributed by atoms with E-state index in [2.05, 4.69) is 10.6 Å². The first-order chi connectivity index (χ1) is 9.06. The Morgan fingerprint density at radius 2 is 2.26 bits per heavy atom. The van der Waals surface area contributed by atoms with E-state index < -0.39 is 5.82 Å². The van der Waals surface area contributed by atoms with Crippen LogP contribution < -0.4 is 10.6 Å². The molecule has 0 saturated heterocycles. The number of amides is 1. The number of anilines is 1. The van der Waals surface area contributed by atoms with E-state index in [0.29, 0.717) is 12.2 Å². The lowest BCUT2D eigenvalue weighted by molar-refractivity contribution is -0.121. The van der Waals surface area contributed by atoms with Gasteiger partial charge in [-0.2, -0.15) is 5.26 Å². The third kappa shape index (κ3) is 4.96. The minimum absolute atomic E-state index is 0.0593. The first-order valence-electron chi connectivity index (χ1n) is 6.29. The van der Waals surface area contributed by atoms with Gasteiger partial charge in [-0.15, -0.1) is 0 Å². The van der Waals surface area contributed by atoms with Crippen LogP contribution in [0.1, 0.15) is 32.3 Å². The summed E-state index contributed by atoms with van der Waals surface area (Å²) in [7, 11) is 0. The number of halogens is 1. The lowest BCUT2D eigenvalue weighted by Crippen LogP contribution is -2.33. The average molecular weight is 263 g/mol. The van der Waals surface area contributed by atoms with Crippen molar-refractivity contribution in [1.29, 1.82) is 5.26 Å². The van der Waals surface area contributed by atoms with Crippen molar-refractivity contribution >= 4 is 11.6 Å². The molecule has 4 nitrogen and oxygen atoms in total. The van der Waals surface area contributed by atoms with Crippen molar-refractivity contribution in [3.8, 4) is 6.07 Å². The molecule has 0 aliphatic heterocycles. The molecular formula is C14H18FN3O. The molecule has 0 aliphatic rings. The molecule has 0 bridgehead atoms. The molecule has 1 amide bonds.